The van der Waals surface area contributed by atoms with Crippen LogP contribution < -0.4 is 0 Å². The lowest BCUT2D eigenvalue weighted by Crippen LogP contribution is -2.05. The summed E-state index contributed by atoms with van der Waals surface area (Å²) in [5, 5.41) is 0. The Hall–Kier alpha value is -0.000000000000000111. The Balaban J connectivity index is 5.16. The van der Waals surface area contributed by atoms with Crippen LogP contribution in [0.3, 0.4) is 0 Å². The summed E-state index contributed by atoms with van der Waals surface area (Å²) in [6.07, 6.45) is -3.17. The van der Waals surface area contributed by atoms with Crippen LogP contribution >= 0.6 is 6.20 Å². The Labute approximate surface area is 72.3 Å². The first kappa shape index (κ1) is 12.0. The zero-order valence-corrected chi connectivity index (χ0v) is 9.25. The summed E-state index contributed by atoms with van der Waals surface area (Å²) in [6.45, 7) is 2.52. The van der Waals surface area contributed by atoms with E-state index in [2.05, 4.69) is 0 Å². The van der Waals surface area contributed by atoms with E-state index in [4.69, 9.17) is 0 Å². The summed E-state index contributed by atoms with van der Waals surface area (Å²) < 4.78 is 54.3. The molecule has 0 aromatic carbocycles. The summed E-state index contributed by atoms with van der Waals surface area (Å²) in [5.74, 6) is -0.830. The van der Waals surface area contributed by atoms with Crippen molar-refractivity contribution >= 4 is 25.1 Å². The van der Waals surface area contributed by atoms with Gasteiger partial charge in [-0.15, -0.1) is 0 Å². The molecule has 0 aliphatic heterocycles. The molecule has 0 aromatic rings. The molecule has 0 fully saturated rings. The van der Waals surface area contributed by atoms with Crippen LogP contribution in [0.25, 0.3) is 0 Å². The maximum absolute atomic E-state index is 10.9. The summed E-state index contributed by atoms with van der Waals surface area (Å²) in [7, 11) is -7.89. The van der Waals surface area contributed by atoms with E-state index in [1.54, 1.807) is 0 Å². The molecule has 0 amide bonds. The summed E-state index contributed by atoms with van der Waals surface area (Å²) in [5.41, 5.74) is 0. The smallest absolute Gasteiger partial charge is 0.253 e. The third-order valence-corrected chi connectivity index (χ3v) is 11.9. The average Bonchev–Trinajstić information content (AvgIpc) is 2.03. The molecule has 0 aliphatic carbocycles. The molecule has 0 aromatic heterocycles. The van der Waals surface area contributed by atoms with Gasteiger partial charge in [0.2, 0.25) is 18.9 Å². The highest BCUT2D eigenvalue weighted by molar-refractivity contribution is 8.78. The van der Waals surface area contributed by atoms with Crippen LogP contribution in [0.4, 0.5) is 0 Å². The van der Waals surface area contributed by atoms with Gasteiger partial charge in [0.25, 0.3) is 0 Å². The molecule has 0 saturated heterocycles. The highest BCUT2D eigenvalue weighted by atomic mass is 33.1. The Bertz CT molecular complexity index is 328. The van der Waals surface area contributed by atoms with Crippen molar-refractivity contribution in [3.05, 3.63) is 0 Å². The van der Waals surface area contributed by atoms with Crippen LogP contribution in [0, 0.1) is 0 Å². The molecule has 0 saturated carbocycles. The van der Waals surface area contributed by atoms with Gasteiger partial charge in [-0.3, -0.25) is 4.57 Å². The van der Waals surface area contributed by atoms with E-state index in [0.717, 1.165) is 0 Å². The maximum Gasteiger partial charge on any atom is 0.311 e. The van der Waals surface area contributed by atoms with E-state index in [1.807, 2.05) is 0 Å². The predicted molar refractivity (Wildman–Crippen MR) is 46.5 cm³/mol. The third-order valence-electron chi connectivity index (χ3n) is 1.18. The molecule has 0 atom stereocenters. The van der Waals surface area contributed by atoms with Crippen molar-refractivity contribution in [3.63, 3.8) is 0 Å². The van der Waals surface area contributed by atoms with Gasteiger partial charge in [-0.2, -0.15) is 0 Å². The third kappa shape index (κ3) is 2.50. The molecular weight excluding hydrogens is 223 g/mol. The van der Waals surface area contributed by atoms with Gasteiger partial charge in [-0.05, 0) is 0 Å². The van der Waals surface area contributed by atoms with Crippen molar-refractivity contribution in [1.82, 2.24) is 0 Å². The lowest BCUT2D eigenvalue weighted by molar-refractivity contribution is 0.578. The first-order valence-electron chi connectivity index (χ1n) is 3.21. The Morgan fingerprint density at radius 3 is 1.33 bits per heavy atom. The van der Waals surface area contributed by atoms with Gasteiger partial charge in [0, 0.05) is 0 Å². The number of hydrogen-bond acceptors (Lipinski definition) is 5. The minimum Gasteiger partial charge on any atom is -0.253 e. The van der Waals surface area contributed by atoms with Gasteiger partial charge in [0.15, 0.2) is 0 Å². The van der Waals surface area contributed by atoms with E-state index < -0.39 is 36.6 Å². The zero-order chi connectivity index (χ0) is 9.99. The quantitative estimate of drug-likeness (QED) is 0.660. The number of rotatable bonds is 4. The SMILES string of the molecule is CCS(=O)(=O)[P](=O)S(=O)(=O)CC. The molecule has 73 valence electrons. The fourth-order valence-electron chi connectivity index (χ4n) is 0.384. The predicted octanol–water partition coefficient (Wildman–Crippen LogP) is 0.513. The first-order valence-corrected chi connectivity index (χ1v) is 8.98. The molecule has 0 rings (SSSR count). The largest absolute Gasteiger partial charge is 0.311 e. The average molecular weight is 233 g/mol. The minimum absolute atomic E-state index is 0.415. The van der Waals surface area contributed by atoms with Gasteiger partial charge in [-0.1, -0.05) is 13.8 Å². The van der Waals surface area contributed by atoms with Crippen LogP contribution in [0.5, 0.6) is 0 Å². The van der Waals surface area contributed by atoms with Crippen molar-refractivity contribution in [2.24, 2.45) is 0 Å². The van der Waals surface area contributed by atoms with Gasteiger partial charge >= 0.3 is 6.20 Å². The van der Waals surface area contributed by atoms with Gasteiger partial charge < -0.3 is 0 Å². The van der Waals surface area contributed by atoms with E-state index in [0.29, 0.717) is 0 Å². The summed E-state index contributed by atoms with van der Waals surface area (Å²) in [6, 6.07) is 0. The summed E-state index contributed by atoms with van der Waals surface area (Å²) >= 11 is 0. The lowest BCUT2D eigenvalue weighted by atomic mass is 11.0. The standard InChI is InChI=1S/C4H10O5PS2/c1-3-11(6,7)10(5)12(8,9)4-2/h3-4H2,1-2H3. The lowest BCUT2D eigenvalue weighted by Gasteiger charge is -1.98. The minimum atomic E-state index is -3.95. The van der Waals surface area contributed by atoms with Crippen molar-refractivity contribution in [2.75, 3.05) is 11.5 Å². The van der Waals surface area contributed by atoms with E-state index >= 15 is 0 Å². The van der Waals surface area contributed by atoms with E-state index in [1.165, 1.54) is 13.8 Å². The molecule has 5 nitrogen and oxygen atoms in total. The van der Waals surface area contributed by atoms with Crippen molar-refractivity contribution in [1.29, 1.82) is 0 Å². The van der Waals surface area contributed by atoms with Crippen LogP contribution in [0.2, 0.25) is 0 Å². The first-order chi connectivity index (χ1) is 5.28. The van der Waals surface area contributed by atoms with Crippen LogP contribution in [-0.2, 0) is 23.5 Å². The second kappa shape index (κ2) is 3.81. The second-order valence-corrected chi connectivity index (χ2v) is 11.9. The van der Waals surface area contributed by atoms with Gasteiger partial charge in [0.1, 0.15) is 0 Å². The Morgan fingerprint density at radius 1 is 0.917 bits per heavy atom. The topological polar surface area (TPSA) is 85.3 Å². The molecule has 8 heteroatoms. The monoisotopic (exact) mass is 233 g/mol. The molecule has 0 bridgehead atoms. The van der Waals surface area contributed by atoms with Crippen molar-refractivity contribution in [2.45, 2.75) is 13.8 Å². The molecule has 0 unspecified atom stereocenters. The van der Waals surface area contributed by atoms with Crippen molar-refractivity contribution in [3.8, 4) is 0 Å². The van der Waals surface area contributed by atoms with Crippen molar-refractivity contribution < 1.29 is 21.4 Å². The second-order valence-electron chi connectivity index (χ2n) is 1.96. The van der Waals surface area contributed by atoms with Gasteiger partial charge in [-0.25, -0.2) is 16.8 Å². The molecule has 0 heterocycles. The summed E-state index contributed by atoms with van der Waals surface area (Å²) in [4.78, 5) is 0. The maximum atomic E-state index is 10.9. The zero-order valence-electron chi connectivity index (χ0n) is 6.72. The molecule has 0 spiro atoms. The Morgan fingerprint density at radius 2 is 1.17 bits per heavy atom. The van der Waals surface area contributed by atoms with E-state index in [9.17, 15) is 21.4 Å². The molecule has 1 radical (unpaired) electrons. The highest BCUT2D eigenvalue weighted by Gasteiger charge is 2.30. The highest BCUT2D eigenvalue weighted by Crippen LogP contribution is 2.37. The van der Waals surface area contributed by atoms with Crippen LogP contribution in [0.15, 0.2) is 0 Å². The molecular formula is C4H10O5PS2. The fourth-order valence-corrected chi connectivity index (χ4v) is 8.47. The van der Waals surface area contributed by atoms with Gasteiger partial charge in [0.05, 0.1) is 11.5 Å². The van der Waals surface area contributed by atoms with Crippen LogP contribution in [0.1, 0.15) is 13.8 Å². The Kier molecular flexibility index (Phi) is 3.81. The molecule has 12 heavy (non-hydrogen) atoms. The van der Waals surface area contributed by atoms with Crippen LogP contribution in [-0.4, -0.2) is 28.3 Å². The van der Waals surface area contributed by atoms with E-state index in [-0.39, 0.29) is 0 Å². The fraction of sp³-hybridized carbons (Fsp3) is 1.00. The molecule has 0 N–H and O–H groups in total. The number of hydrogen-bond donors (Lipinski definition) is 0. The molecule has 0 aliphatic rings. The normalized spacial score (nSPS) is 12.8.